The smallest absolute Gasteiger partial charge is 0.410 e. The van der Waals surface area contributed by atoms with Gasteiger partial charge in [-0.15, -0.1) is 23.1 Å². The lowest BCUT2D eigenvalue weighted by atomic mass is 10.0. The largest absolute Gasteiger partial charge is 0.497 e. The Labute approximate surface area is 340 Å². The lowest BCUT2D eigenvalue weighted by molar-refractivity contribution is -0.115. The number of anilines is 2. The Kier molecular flexibility index (Phi) is 14.0. The van der Waals surface area contributed by atoms with Crippen LogP contribution >= 0.6 is 23.1 Å². The van der Waals surface area contributed by atoms with Crippen LogP contribution in [0, 0.1) is 0 Å². The van der Waals surface area contributed by atoms with E-state index >= 15 is 0 Å². The van der Waals surface area contributed by atoms with Gasteiger partial charge in [0.15, 0.2) is 0 Å². The summed E-state index contributed by atoms with van der Waals surface area (Å²) >= 11 is 2.49. The van der Waals surface area contributed by atoms with Crippen molar-refractivity contribution >= 4 is 69.6 Å². The van der Waals surface area contributed by atoms with Crippen molar-refractivity contribution < 1.29 is 42.9 Å². The molecule has 1 aliphatic rings. The fourth-order valence-corrected chi connectivity index (χ4v) is 7.94. The molecule has 1 atom stereocenters. The first kappa shape index (κ1) is 42.3. The van der Waals surface area contributed by atoms with Crippen molar-refractivity contribution in [2.45, 2.75) is 63.3 Å². The molecule has 3 N–H and O–H groups in total. The summed E-state index contributed by atoms with van der Waals surface area (Å²) < 4.78 is 21.8. The Morgan fingerprint density at radius 2 is 1.70 bits per heavy atom. The van der Waals surface area contributed by atoms with E-state index in [1.54, 1.807) is 112 Å². The number of rotatable bonds is 13. The molecule has 0 saturated heterocycles. The topological polar surface area (TPSA) is 162 Å². The fraction of sp³-hybridized carbons (Fsp3) is 0.310. The normalized spacial score (nSPS) is 13.1. The number of carbonyl (C=O) groups is 5. The molecule has 0 radical (unpaired) electrons. The van der Waals surface area contributed by atoms with E-state index in [4.69, 9.17) is 18.9 Å². The van der Waals surface area contributed by atoms with Crippen molar-refractivity contribution in [2.75, 3.05) is 38.0 Å². The summed E-state index contributed by atoms with van der Waals surface area (Å²) in [7, 11) is 3.02. The number of thiophene rings is 1. The highest BCUT2D eigenvalue weighted by Crippen LogP contribution is 2.39. The minimum Gasteiger partial charge on any atom is -0.497 e. The molecule has 0 fully saturated rings. The van der Waals surface area contributed by atoms with Gasteiger partial charge in [-0.3, -0.25) is 14.4 Å². The maximum atomic E-state index is 13.8. The SMILES string of the molecule is CCOC(=O)c1c(NC(=O)C(C)Sc2cccc(NC(=O)/C(=C\c3cc(OC)ccc3OC)NC(=O)c3ccccc3)c2)sc2c1CCN(C(=O)OC(C)(C)C)C2. The zero-order valence-electron chi connectivity index (χ0n) is 32.8. The van der Waals surface area contributed by atoms with Crippen LogP contribution in [0.25, 0.3) is 6.08 Å². The average molecular weight is 815 g/mol. The number of hydrogen-bond acceptors (Lipinski definition) is 11. The molecule has 0 saturated carbocycles. The predicted octanol–water partition coefficient (Wildman–Crippen LogP) is 7.76. The van der Waals surface area contributed by atoms with Crippen LogP contribution in [-0.4, -0.2) is 72.9 Å². The van der Waals surface area contributed by atoms with Crippen LogP contribution < -0.4 is 25.4 Å². The Hall–Kier alpha value is -5.80. The molecule has 4 aromatic rings. The number of carbonyl (C=O) groups excluding carboxylic acids is 5. The van der Waals surface area contributed by atoms with Gasteiger partial charge in [0, 0.05) is 33.1 Å². The van der Waals surface area contributed by atoms with E-state index in [-0.39, 0.29) is 24.8 Å². The Bertz CT molecular complexity index is 2160. The fourth-order valence-electron chi connectivity index (χ4n) is 5.76. The standard InChI is InChI=1S/C42H46N4O9S2/c1-8-54-40(50)35-31-19-20-46(41(51)55-42(3,4)5)24-34(31)57-39(35)45-36(47)25(2)56-30-16-12-15-28(23-30)43-38(49)32(44-37(48)26-13-10-9-11-14-26)22-27-21-29(52-6)17-18-33(27)53-7/h9-18,21-23,25H,8,19-20,24H2,1-7H3,(H,43,49)(H,44,48)(H,45,47)/b32-22+. The van der Waals surface area contributed by atoms with Gasteiger partial charge in [-0.05, 0) is 101 Å². The molecule has 2 heterocycles. The van der Waals surface area contributed by atoms with E-state index in [1.807, 2.05) is 0 Å². The van der Waals surface area contributed by atoms with E-state index < -0.39 is 34.7 Å². The number of amides is 4. The van der Waals surface area contributed by atoms with Gasteiger partial charge in [0.2, 0.25) is 5.91 Å². The van der Waals surface area contributed by atoms with E-state index in [0.717, 1.165) is 10.4 Å². The van der Waals surface area contributed by atoms with Crippen LogP contribution in [0.15, 0.2) is 83.4 Å². The van der Waals surface area contributed by atoms with Gasteiger partial charge >= 0.3 is 12.1 Å². The van der Waals surface area contributed by atoms with Crippen molar-refractivity contribution in [3.8, 4) is 11.5 Å². The van der Waals surface area contributed by atoms with Crippen LogP contribution in [0.4, 0.5) is 15.5 Å². The van der Waals surface area contributed by atoms with Crippen LogP contribution in [0.2, 0.25) is 0 Å². The van der Waals surface area contributed by atoms with E-state index in [1.165, 1.54) is 43.4 Å². The molecule has 300 valence electrons. The summed E-state index contributed by atoms with van der Waals surface area (Å²) in [5.41, 5.74) is 1.61. The third-order valence-corrected chi connectivity index (χ3v) is 10.7. The van der Waals surface area contributed by atoms with E-state index in [2.05, 4.69) is 16.0 Å². The van der Waals surface area contributed by atoms with Crippen LogP contribution in [0.5, 0.6) is 11.5 Å². The van der Waals surface area contributed by atoms with E-state index in [0.29, 0.717) is 56.7 Å². The van der Waals surface area contributed by atoms with Gasteiger partial charge in [-0.2, -0.15) is 0 Å². The first-order valence-electron chi connectivity index (χ1n) is 18.2. The minimum absolute atomic E-state index is 0.0496. The summed E-state index contributed by atoms with van der Waals surface area (Å²) in [5.74, 6) is -1.00. The summed E-state index contributed by atoms with van der Waals surface area (Å²) in [6.45, 7) is 9.59. The van der Waals surface area contributed by atoms with Crippen LogP contribution in [0.1, 0.15) is 71.3 Å². The first-order valence-corrected chi connectivity index (χ1v) is 19.9. The zero-order chi connectivity index (χ0) is 41.3. The van der Waals surface area contributed by atoms with Crippen molar-refractivity contribution in [3.05, 3.63) is 106 Å². The monoisotopic (exact) mass is 814 g/mol. The molecule has 0 aliphatic carbocycles. The molecule has 4 amide bonds. The van der Waals surface area contributed by atoms with Crippen LogP contribution in [-0.2, 0) is 32.0 Å². The second-order valence-electron chi connectivity index (χ2n) is 13.8. The Morgan fingerprint density at radius 1 is 0.947 bits per heavy atom. The maximum absolute atomic E-state index is 13.8. The molecule has 1 aliphatic heterocycles. The van der Waals surface area contributed by atoms with Crippen LogP contribution in [0.3, 0.4) is 0 Å². The van der Waals surface area contributed by atoms with Crippen molar-refractivity contribution in [1.82, 2.24) is 10.2 Å². The highest BCUT2D eigenvalue weighted by atomic mass is 32.2. The molecule has 0 spiro atoms. The van der Waals surface area contributed by atoms with Crippen molar-refractivity contribution in [1.29, 1.82) is 0 Å². The van der Waals surface area contributed by atoms with Crippen molar-refractivity contribution in [2.24, 2.45) is 0 Å². The summed E-state index contributed by atoms with van der Waals surface area (Å²) in [6, 6.07) is 20.6. The molecule has 0 bridgehead atoms. The molecule has 1 unspecified atom stereocenters. The third-order valence-electron chi connectivity index (χ3n) is 8.46. The number of esters is 1. The minimum atomic E-state index is -0.660. The summed E-state index contributed by atoms with van der Waals surface area (Å²) in [5, 5.41) is 8.23. The van der Waals surface area contributed by atoms with E-state index in [9.17, 15) is 24.0 Å². The number of hydrogen-bond donors (Lipinski definition) is 3. The van der Waals surface area contributed by atoms with Gasteiger partial charge in [0.25, 0.3) is 11.8 Å². The number of ether oxygens (including phenoxy) is 4. The van der Waals surface area contributed by atoms with Crippen molar-refractivity contribution in [3.63, 3.8) is 0 Å². The zero-order valence-corrected chi connectivity index (χ0v) is 34.5. The highest BCUT2D eigenvalue weighted by molar-refractivity contribution is 8.00. The quantitative estimate of drug-likeness (QED) is 0.0691. The predicted molar refractivity (Wildman–Crippen MR) is 221 cm³/mol. The molecule has 57 heavy (non-hydrogen) atoms. The third kappa shape index (κ3) is 11.2. The average Bonchev–Trinajstić information content (AvgIpc) is 3.54. The number of thioether (sulfide) groups is 1. The number of fused-ring (bicyclic) bond motifs is 1. The van der Waals surface area contributed by atoms with Gasteiger partial charge in [-0.1, -0.05) is 24.3 Å². The van der Waals surface area contributed by atoms with Gasteiger partial charge < -0.3 is 39.8 Å². The summed E-state index contributed by atoms with van der Waals surface area (Å²) in [6.07, 6.45) is 1.46. The maximum Gasteiger partial charge on any atom is 0.410 e. The molecule has 13 nitrogen and oxygen atoms in total. The first-order chi connectivity index (χ1) is 27.2. The molecule has 15 heteroatoms. The lowest BCUT2D eigenvalue weighted by Crippen LogP contribution is -2.39. The number of nitrogens with one attached hydrogen (secondary N) is 3. The number of methoxy groups -OCH3 is 2. The molecular weight excluding hydrogens is 769 g/mol. The number of nitrogens with zero attached hydrogens (tertiary/aromatic N) is 1. The second kappa shape index (κ2) is 18.9. The molecule has 1 aromatic heterocycles. The Balaban J connectivity index is 1.32. The molecule has 5 rings (SSSR count). The van der Waals surface area contributed by atoms with Gasteiger partial charge in [-0.25, -0.2) is 9.59 Å². The Morgan fingerprint density at radius 3 is 2.39 bits per heavy atom. The van der Waals surface area contributed by atoms with Gasteiger partial charge in [0.05, 0.1) is 38.2 Å². The molecular formula is C42H46N4O9S2. The molecule has 3 aromatic carbocycles. The second-order valence-corrected chi connectivity index (χ2v) is 16.3. The lowest BCUT2D eigenvalue weighted by Gasteiger charge is -2.30. The highest BCUT2D eigenvalue weighted by Gasteiger charge is 2.33. The van der Waals surface area contributed by atoms with Gasteiger partial charge in [0.1, 0.15) is 27.8 Å². The number of benzene rings is 3. The summed E-state index contributed by atoms with van der Waals surface area (Å²) in [4.78, 5) is 69.7.